The zero-order chi connectivity index (χ0) is 21.6. The summed E-state index contributed by atoms with van der Waals surface area (Å²) in [7, 11) is 0. The summed E-state index contributed by atoms with van der Waals surface area (Å²) in [6.45, 7) is 0. The first-order valence-electron chi connectivity index (χ1n) is 9.49. The number of hydrogen-bond donors (Lipinski definition) is 1. The van der Waals surface area contributed by atoms with E-state index in [1.165, 1.54) is 6.21 Å². The number of halogens is 1. The van der Waals surface area contributed by atoms with Crippen molar-refractivity contribution in [1.29, 1.82) is 0 Å². The Morgan fingerprint density at radius 1 is 0.871 bits per heavy atom. The second-order valence-corrected chi connectivity index (χ2v) is 7.13. The summed E-state index contributed by atoms with van der Waals surface area (Å²) < 4.78 is 5.34. The lowest BCUT2D eigenvalue weighted by Gasteiger charge is -2.05. The van der Waals surface area contributed by atoms with Gasteiger partial charge >= 0.3 is 5.97 Å². The molecule has 0 aromatic heterocycles. The fourth-order valence-corrected chi connectivity index (χ4v) is 3.24. The van der Waals surface area contributed by atoms with Gasteiger partial charge in [0.05, 0.1) is 11.8 Å². The third kappa shape index (κ3) is 4.97. The van der Waals surface area contributed by atoms with Crippen LogP contribution in [0.4, 0.5) is 0 Å². The molecule has 5 nitrogen and oxygen atoms in total. The largest absolute Gasteiger partial charge is 0.423 e. The van der Waals surface area contributed by atoms with Crippen molar-refractivity contribution in [2.24, 2.45) is 5.10 Å². The summed E-state index contributed by atoms with van der Waals surface area (Å²) in [6, 6.07) is 26.5. The maximum atomic E-state index is 12.5. The summed E-state index contributed by atoms with van der Waals surface area (Å²) >= 11 is 5.90. The lowest BCUT2D eigenvalue weighted by atomic mass is 10.0. The minimum absolute atomic E-state index is 0.292. The molecule has 0 saturated heterocycles. The molecule has 31 heavy (non-hydrogen) atoms. The zero-order valence-electron chi connectivity index (χ0n) is 16.3. The van der Waals surface area contributed by atoms with Crippen LogP contribution >= 0.6 is 11.6 Å². The highest BCUT2D eigenvalue weighted by Crippen LogP contribution is 2.18. The van der Waals surface area contributed by atoms with E-state index in [1.807, 2.05) is 36.4 Å². The first kappa shape index (κ1) is 20.3. The number of carbonyl (C=O) groups is 2. The van der Waals surface area contributed by atoms with Crippen LogP contribution in [0.3, 0.4) is 0 Å². The molecule has 4 rings (SSSR count). The number of benzene rings is 4. The van der Waals surface area contributed by atoms with E-state index in [0.717, 1.165) is 16.3 Å². The van der Waals surface area contributed by atoms with E-state index in [4.69, 9.17) is 16.3 Å². The van der Waals surface area contributed by atoms with Crippen molar-refractivity contribution in [2.75, 3.05) is 0 Å². The summed E-state index contributed by atoms with van der Waals surface area (Å²) in [6.07, 6.45) is 1.52. The van der Waals surface area contributed by atoms with Crippen LogP contribution in [0.15, 0.2) is 96.1 Å². The van der Waals surface area contributed by atoms with Gasteiger partial charge < -0.3 is 4.74 Å². The molecule has 4 aromatic carbocycles. The van der Waals surface area contributed by atoms with E-state index in [9.17, 15) is 9.59 Å². The predicted octanol–water partition coefficient (Wildman–Crippen LogP) is 5.48. The van der Waals surface area contributed by atoms with Crippen molar-refractivity contribution in [1.82, 2.24) is 5.43 Å². The lowest BCUT2D eigenvalue weighted by Crippen LogP contribution is -2.17. The van der Waals surface area contributed by atoms with E-state index in [1.54, 1.807) is 54.6 Å². The number of rotatable bonds is 5. The van der Waals surface area contributed by atoms with Gasteiger partial charge in [-0.2, -0.15) is 5.10 Å². The van der Waals surface area contributed by atoms with Crippen molar-refractivity contribution < 1.29 is 14.3 Å². The first-order valence-corrected chi connectivity index (χ1v) is 9.87. The molecule has 4 aromatic rings. The van der Waals surface area contributed by atoms with Gasteiger partial charge in [-0.05, 0) is 64.9 Å². The molecule has 0 saturated carbocycles. The van der Waals surface area contributed by atoms with Gasteiger partial charge in [0.25, 0.3) is 5.91 Å². The molecule has 0 atom stereocenters. The normalized spacial score (nSPS) is 10.9. The maximum Gasteiger partial charge on any atom is 0.343 e. The molecule has 1 N–H and O–H groups in total. The standard InChI is InChI=1S/C25H17ClN2O3/c26-20-8-3-7-19(15-20)25(30)31-21-13-11-17(12-14-21)16-27-28-24(29)23-10-4-6-18-5-1-2-9-22(18)23/h1-16H,(H,28,29)/b27-16-. The Morgan fingerprint density at radius 2 is 1.61 bits per heavy atom. The van der Waals surface area contributed by atoms with Gasteiger partial charge in [-0.3, -0.25) is 4.79 Å². The zero-order valence-corrected chi connectivity index (χ0v) is 17.0. The van der Waals surface area contributed by atoms with Crippen molar-refractivity contribution >= 4 is 40.5 Å². The predicted molar refractivity (Wildman–Crippen MR) is 122 cm³/mol. The summed E-state index contributed by atoms with van der Waals surface area (Å²) in [5, 5.41) is 6.34. The molecule has 0 aliphatic carbocycles. The average Bonchev–Trinajstić information content (AvgIpc) is 2.79. The number of hydrazone groups is 1. The Bertz CT molecular complexity index is 1280. The van der Waals surface area contributed by atoms with E-state index < -0.39 is 5.97 Å². The summed E-state index contributed by atoms with van der Waals surface area (Å²) in [4.78, 5) is 24.7. The Kier molecular flexibility index (Phi) is 6.05. The van der Waals surface area contributed by atoms with Gasteiger partial charge in [-0.1, -0.05) is 54.1 Å². The van der Waals surface area contributed by atoms with Crippen LogP contribution < -0.4 is 10.2 Å². The fourth-order valence-electron chi connectivity index (χ4n) is 3.05. The van der Waals surface area contributed by atoms with E-state index in [2.05, 4.69) is 10.5 Å². The van der Waals surface area contributed by atoms with E-state index in [-0.39, 0.29) is 5.91 Å². The Hall–Kier alpha value is -3.96. The maximum absolute atomic E-state index is 12.5. The molecular weight excluding hydrogens is 412 g/mol. The molecule has 0 fully saturated rings. The topological polar surface area (TPSA) is 67.8 Å². The van der Waals surface area contributed by atoms with Crippen LogP contribution in [0.5, 0.6) is 5.75 Å². The third-order valence-electron chi connectivity index (χ3n) is 4.56. The van der Waals surface area contributed by atoms with Crippen LogP contribution in [-0.4, -0.2) is 18.1 Å². The van der Waals surface area contributed by atoms with Gasteiger partial charge in [-0.15, -0.1) is 0 Å². The number of esters is 1. The van der Waals surface area contributed by atoms with E-state index >= 15 is 0 Å². The number of hydrogen-bond acceptors (Lipinski definition) is 4. The summed E-state index contributed by atoms with van der Waals surface area (Å²) in [5.74, 6) is -0.395. The molecule has 0 unspecified atom stereocenters. The number of nitrogens with zero attached hydrogens (tertiary/aromatic N) is 1. The number of nitrogens with one attached hydrogen (secondary N) is 1. The van der Waals surface area contributed by atoms with Gasteiger partial charge in [-0.25, -0.2) is 10.2 Å². The Morgan fingerprint density at radius 3 is 2.42 bits per heavy atom. The Balaban J connectivity index is 1.38. The molecule has 0 bridgehead atoms. The molecule has 0 spiro atoms. The minimum atomic E-state index is -0.494. The quantitative estimate of drug-likeness (QED) is 0.198. The third-order valence-corrected chi connectivity index (χ3v) is 4.80. The fraction of sp³-hybridized carbons (Fsp3) is 0. The average molecular weight is 429 g/mol. The second kappa shape index (κ2) is 9.24. The monoisotopic (exact) mass is 428 g/mol. The highest BCUT2D eigenvalue weighted by molar-refractivity contribution is 6.30. The molecule has 0 heterocycles. The molecular formula is C25H17ClN2O3. The minimum Gasteiger partial charge on any atom is -0.423 e. The number of fused-ring (bicyclic) bond motifs is 1. The van der Waals surface area contributed by atoms with Crippen LogP contribution in [-0.2, 0) is 0 Å². The lowest BCUT2D eigenvalue weighted by molar-refractivity contribution is 0.0734. The van der Waals surface area contributed by atoms with Crippen LogP contribution in [0.2, 0.25) is 5.02 Å². The van der Waals surface area contributed by atoms with Crippen molar-refractivity contribution in [3.63, 3.8) is 0 Å². The van der Waals surface area contributed by atoms with Gasteiger partial charge in [0, 0.05) is 10.6 Å². The van der Waals surface area contributed by atoms with Gasteiger partial charge in [0.2, 0.25) is 0 Å². The molecule has 1 amide bonds. The SMILES string of the molecule is O=C(Oc1ccc(/C=N\NC(=O)c2cccc3ccccc23)cc1)c1cccc(Cl)c1. The van der Waals surface area contributed by atoms with Gasteiger partial charge in [0.1, 0.15) is 5.75 Å². The highest BCUT2D eigenvalue weighted by Gasteiger charge is 2.10. The second-order valence-electron chi connectivity index (χ2n) is 6.69. The molecule has 6 heteroatoms. The Labute approximate surface area is 183 Å². The number of carbonyl (C=O) groups excluding carboxylic acids is 2. The molecule has 0 aliphatic heterocycles. The van der Waals surface area contributed by atoms with Crippen molar-refractivity contribution in [3.8, 4) is 5.75 Å². The molecule has 0 aliphatic rings. The van der Waals surface area contributed by atoms with Crippen LogP contribution in [0.25, 0.3) is 10.8 Å². The number of ether oxygens (including phenoxy) is 1. The van der Waals surface area contributed by atoms with Gasteiger partial charge in [0.15, 0.2) is 0 Å². The van der Waals surface area contributed by atoms with Crippen LogP contribution in [0, 0.1) is 0 Å². The summed E-state index contributed by atoms with van der Waals surface area (Å²) in [5.41, 5.74) is 4.21. The van der Waals surface area contributed by atoms with Crippen molar-refractivity contribution in [2.45, 2.75) is 0 Å². The first-order chi connectivity index (χ1) is 15.1. The molecule has 152 valence electrons. The van der Waals surface area contributed by atoms with E-state index in [0.29, 0.717) is 21.9 Å². The van der Waals surface area contributed by atoms with Crippen LogP contribution in [0.1, 0.15) is 26.3 Å². The van der Waals surface area contributed by atoms with Crippen molar-refractivity contribution in [3.05, 3.63) is 113 Å². The number of amides is 1. The highest BCUT2D eigenvalue weighted by atomic mass is 35.5. The molecule has 0 radical (unpaired) electrons. The smallest absolute Gasteiger partial charge is 0.343 e.